The zero-order valence-electron chi connectivity index (χ0n) is 10.3. The first-order valence-corrected chi connectivity index (χ1v) is 8.45. The quantitative estimate of drug-likeness (QED) is 0.277. The summed E-state index contributed by atoms with van der Waals surface area (Å²) < 4.78 is 33.7. The van der Waals surface area contributed by atoms with Crippen molar-refractivity contribution in [3.63, 3.8) is 0 Å². The lowest BCUT2D eigenvalue weighted by Crippen LogP contribution is -2.34. The Labute approximate surface area is 117 Å². The van der Waals surface area contributed by atoms with Crippen LogP contribution in [0.15, 0.2) is 0 Å². The molecule has 0 spiro atoms. The molecule has 6 N–H and O–H groups in total. The van der Waals surface area contributed by atoms with Gasteiger partial charge in [0.1, 0.15) is 18.3 Å². The van der Waals surface area contributed by atoms with E-state index in [2.05, 4.69) is 9.05 Å². The van der Waals surface area contributed by atoms with Crippen molar-refractivity contribution in [2.45, 2.75) is 30.8 Å². The summed E-state index contributed by atoms with van der Waals surface area (Å²) in [5, 5.41) is 19.1. The first-order valence-electron chi connectivity index (χ1n) is 5.39. The predicted molar refractivity (Wildman–Crippen MR) is 61.4 cm³/mol. The fraction of sp³-hybridized carbons (Fsp3) is 0.857. The molecule has 1 fully saturated rings. The Morgan fingerprint density at radius 3 is 2.00 bits per heavy atom. The van der Waals surface area contributed by atoms with Crippen molar-refractivity contribution in [1.29, 1.82) is 0 Å². The smallest absolute Gasteiger partial charge is 0.388 e. The molecule has 0 aromatic carbocycles. The van der Waals surface area contributed by atoms with E-state index in [9.17, 15) is 24.1 Å². The van der Waals surface area contributed by atoms with Crippen molar-refractivity contribution < 1.29 is 57.5 Å². The predicted octanol–water partition coefficient (Wildman–Crippen LogP) is -2.39. The number of carbonyl (C=O) groups excluding carboxylic acids is 1. The van der Waals surface area contributed by atoms with Crippen LogP contribution in [0.2, 0.25) is 0 Å². The van der Waals surface area contributed by atoms with Gasteiger partial charge in [0.25, 0.3) is 0 Å². The lowest BCUT2D eigenvalue weighted by molar-refractivity contribution is -0.140. The van der Waals surface area contributed by atoms with E-state index in [1.807, 2.05) is 0 Å². The second-order valence-corrected chi connectivity index (χ2v) is 6.54. The van der Waals surface area contributed by atoms with Gasteiger partial charge in [-0.05, 0) is 0 Å². The topological polar surface area (TPSA) is 200 Å². The maximum Gasteiger partial charge on any atom is 0.526 e. The molecule has 12 nitrogen and oxygen atoms in total. The summed E-state index contributed by atoms with van der Waals surface area (Å²) in [5.74, 6) is -1.38. The zero-order valence-corrected chi connectivity index (χ0v) is 12.0. The van der Waals surface area contributed by atoms with Gasteiger partial charge in [-0.15, -0.1) is 0 Å². The third-order valence-corrected chi connectivity index (χ3v) is 3.38. The highest BCUT2D eigenvalue weighted by Gasteiger charge is 2.44. The van der Waals surface area contributed by atoms with Crippen LogP contribution in [-0.2, 0) is 27.7 Å². The fourth-order valence-electron chi connectivity index (χ4n) is 1.64. The van der Waals surface area contributed by atoms with Gasteiger partial charge in [-0.3, -0.25) is 19.1 Å². The average molecular weight is 352 g/mol. The highest BCUT2D eigenvalue weighted by atomic mass is 31.2. The molecule has 0 aliphatic carbocycles. The van der Waals surface area contributed by atoms with Crippen LogP contribution >= 0.6 is 15.6 Å². The fourth-order valence-corrected chi connectivity index (χ4v) is 2.32. The van der Waals surface area contributed by atoms with Gasteiger partial charge in [-0.2, -0.15) is 0 Å². The number of ether oxygens (including phenoxy) is 1. The molecule has 1 aliphatic rings. The number of phosphoric ester groups is 2. The zero-order chi connectivity index (χ0) is 16.4. The minimum Gasteiger partial charge on any atom is -0.388 e. The first-order chi connectivity index (χ1) is 9.39. The van der Waals surface area contributed by atoms with Crippen LogP contribution in [0.5, 0.6) is 0 Å². The minimum absolute atomic E-state index is 0.757. The van der Waals surface area contributed by atoms with Crippen LogP contribution in [0.25, 0.3) is 0 Å². The molecular formula is C7H14O12P2. The molecule has 21 heavy (non-hydrogen) atoms. The van der Waals surface area contributed by atoms with Crippen LogP contribution < -0.4 is 0 Å². The molecule has 1 heterocycles. The number of hydrogen-bond acceptors (Lipinski definition) is 8. The third-order valence-electron chi connectivity index (χ3n) is 2.46. The SMILES string of the molecule is O=C(CC1O[C@H](COP(=O)(O)O)[C@@H](O)[C@H]1O)OP(=O)(O)O. The van der Waals surface area contributed by atoms with E-state index in [-0.39, 0.29) is 0 Å². The summed E-state index contributed by atoms with van der Waals surface area (Å²) in [5.41, 5.74) is 0. The highest BCUT2D eigenvalue weighted by Crippen LogP contribution is 2.38. The Hall–Kier alpha value is -0.390. The molecule has 0 aromatic rings. The van der Waals surface area contributed by atoms with Gasteiger partial charge in [0.2, 0.25) is 0 Å². The maximum absolute atomic E-state index is 11.1. The van der Waals surface area contributed by atoms with Crippen molar-refractivity contribution in [3.05, 3.63) is 0 Å². The van der Waals surface area contributed by atoms with Gasteiger partial charge in [0.05, 0.1) is 19.1 Å². The Balaban J connectivity index is 2.56. The van der Waals surface area contributed by atoms with E-state index in [1.54, 1.807) is 0 Å². The van der Waals surface area contributed by atoms with Gasteiger partial charge in [0, 0.05) is 0 Å². The summed E-state index contributed by atoms with van der Waals surface area (Å²) in [4.78, 5) is 45.0. The van der Waals surface area contributed by atoms with Gasteiger partial charge in [-0.1, -0.05) is 0 Å². The molecule has 124 valence electrons. The van der Waals surface area contributed by atoms with Crippen molar-refractivity contribution in [2.75, 3.05) is 6.61 Å². The van der Waals surface area contributed by atoms with Gasteiger partial charge in [-0.25, -0.2) is 9.13 Å². The standard InChI is InChI=1S/C7H14O12P2/c8-5(19-21(14,15)16)1-3-6(9)7(10)4(18-3)2-17-20(11,12)13/h3-4,6-7,9-10H,1-2H2,(H2,11,12,13)(H2,14,15,16)/t3?,4-,6+,7-/m1/s1. The molecular weight excluding hydrogens is 338 g/mol. The first kappa shape index (κ1) is 18.7. The monoisotopic (exact) mass is 352 g/mol. The minimum atomic E-state index is -5.04. The molecule has 1 aliphatic heterocycles. The van der Waals surface area contributed by atoms with Crippen molar-refractivity contribution >= 4 is 21.6 Å². The van der Waals surface area contributed by atoms with Crippen molar-refractivity contribution in [1.82, 2.24) is 0 Å². The summed E-state index contributed by atoms with van der Waals surface area (Å²) in [6.07, 6.45) is -6.72. The summed E-state index contributed by atoms with van der Waals surface area (Å²) in [6, 6.07) is 0. The van der Waals surface area contributed by atoms with Crippen LogP contribution in [0.4, 0.5) is 0 Å². The lowest BCUT2D eigenvalue weighted by atomic mass is 10.1. The number of aliphatic hydroxyl groups excluding tert-OH is 2. The van der Waals surface area contributed by atoms with Crippen LogP contribution in [0.3, 0.4) is 0 Å². The number of rotatable bonds is 6. The van der Waals surface area contributed by atoms with E-state index >= 15 is 0 Å². The van der Waals surface area contributed by atoms with Crippen LogP contribution in [0.1, 0.15) is 6.42 Å². The normalized spacial score (nSPS) is 30.4. The van der Waals surface area contributed by atoms with Crippen LogP contribution in [0, 0.1) is 0 Å². The number of aliphatic hydroxyl groups is 2. The largest absolute Gasteiger partial charge is 0.526 e. The van der Waals surface area contributed by atoms with E-state index in [4.69, 9.17) is 24.3 Å². The van der Waals surface area contributed by atoms with Gasteiger partial charge < -0.3 is 29.3 Å². The van der Waals surface area contributed by atoms with E-state index < -0.39 is 59.1 Å². The second kappa shape index (κ2) is 6.80. The maximum atomic E-state index is 11.1. The number of carbonyl (C=O) groups is 1. The third kappa shape index (κ3) is 6.49. The molecule has 1 unspecified atom stereocenters. The second-order valence-electron chi connectivity index (χ2n) is 4.14. The molecule has 14 heteroatoms. The summed E-state index contributed by atoms with van der Waals surface area (Å²) in [7, 11) is -9.85. The van der Waals surface area contributed by atoms with Crippen molar-refractivity contribution in [2.24, 2.45) is 0 Å². The van der Waals surface area contributed by atoms with Gasteiger partial charge >= 0.3 is 21.6 Å². The Morgan fingerprint density at radius 2 is 1.52 bits per heavy atom. The highest BCUT2D eigenvalue weighted by molar-refractivity contribution is 7.47. The molecule has 1 rings (SSSR count). The van der Waals surface area contributed by atoms with Gasteiger partial charge in [0.15, 0.2) is 0 Å². The molecule has 0 bridgehead atoms. The molecule has 0 radical (unpaired) electrons. The van der Waals surface area contributed by atoms with Crippen molar-refractivity contribution in [3.8, 4) is 0 Å². The molecule has 4 atom stereocenters. The Morgan fingerprint density at radius 1 is 1.00 bits per heavy atom. The molecule has 0 amide bonds. The molecule has 0 saturated carbocycles. The number of hydrogen-bond donors (Lipinski definition) is 6. The van der Waals surface area contributed by atoms with E-state index in [0.717, 1.165) is 0 Å². The Bertz CT molecular complexity index is 466. The molecule has 0 aromatic heterocycles. The summed E-state index contributed by atoms with van der Waals surface area (Å²) >= 11 is 0. The van der Waals surface area contributed by atoms with E-state index in [0.29, 0.717) is 0 Å². The lowest BCUT2D eigenvalue weighted by Gasteiger charge is -2.14. The average Bonchev–Trinajstić information content (AvgIpc) is 2.51. The summed E-state index contributed by atoms with van der Waals surface area (Å²) in [6.45, 7) is -0.757. The Kier molecular flexibility index (Phi) is 6.04. The number of phosphoric acid groups is 2. The van der Waals surface area contributed by atoms with Crippen LogP contribution in [-0.4, -0.2) is 66.8 Å². The molecule has 1 saturated heterocycles. The van der Waals surface area contributed by atoms with E-state index in [1.165, 1.54) is 0 Å².